The zero-order chi connectivity index (χ0) is 19.6. The average molecular weight is 388 g/mol. The van der Waals surface area contributed by atoms with Gasteiger partial charge in [0, 0.05) is 4.90 Å². The summed E-state index contributed by atoms with van der Waals surface area (Å²) in [6.07, 6.45) is 0. The Morgan fingerprint density at radius 1 is 0.821 bits per heavy atom. The second kappa shape index (κ2) is 7.52. The topological polar surface area (TPSA) is 49.4 Å². The van der Waals surface area contributed by atoms with Crippen LogP contribution in [0.4, 0.5) is 4.79 Å². The van der Waals surface area contributed by atoms with E-state index < -0.39 is 5.54 Å². The molecule has 0 unspecified atom stereocenters. The lowest BCUT2D eigenvalue weighted by Crippen LogP contribution is -2.45. The predicted octanol–water partition coefficient (Wildman–Crippen LogP) is 4.54. The van der Waals surface area contributed by atoms with E-state index in [1.165, 1.54) is 22.2 Å². The smallest absolute Gasteiger partial charge is 0.315 e. The lowest BCUT2D eigenvalue weighted by atomic mass is 9.83. The van der Waals surface area contributed by atoms with Crippen LogP contribution in [-0.2, 0) is 10.3 Å². The van der Waals surface area contributed by atoms with Gasteiger partial charge in [0.05, 0.1) is 5.88 Å². The van der Waals surface area contributed by atoms with Crippen molar-refractivity contribution in [2.45, 2.75) is 17.4 Å². The number of aryl methyl sites for hydroxylation is 1. The van der Waals surface area contributed by atoms with Crippen molar-refractivity contribution >= 4 is 23.7 Å². The maximum absolute atomic E-state index is 13.5. The number of rotatable bonds is 5. The van der Waals surface area contributed by atoms with Crippen molar-refractivity contribution in [3.8, 4) is 0 Å². The fourth-order valence-electron chi connectivity index (χ4n) is 3.40. The van der Waals surface area contributed by atoms with Crippen molar-refractivity contribution in [1.29, 1.82) is 0 Å². The van der Waals surface area contributed by atoms with E-state index >= 15 is 0 Å². The van der Waals surface area contributed by atoms with Crippen molar-refractivity contribution in [1.82, 2.24) is 10.2 Å². The van der Waals surface area contributed by atoms with Gasteiger partial charge < -0.3 is 5.32 Å². The Morgan fingerprint density at radius 2 is 1.36 bits per heavy atom. The normalized spacial score (nSPS) is 15.5. The first-order chi connectivity index (χ1) is 13.6. The first-order valence-electron chi connectivity index (χ1n) is 9.06. The van der Waals surface area contributed by atoms with Crippen molar-refractivity contribution < 1.29 is 9.59 Å². The molecule has 3 aromatic carbocycles. The molecule has 4 nitrogen and oxygen atoms in total. The van der Waals surface area contributed by atoms with E-state index in [0.29, 0.717) is 0 Å². The molecule has 5 heteroatoms. The molecule has 0 radical (unpaired) electrons. The summed E-state index contributed by atoms with van der Waals surface area (Å²) in [5.41, 5.74) is 1.48. The predicted molar refractivity (Wildman–Crippen MR) is 111 cm³/mol. The molecule has 1 aliphatic heterocycles. The van der Waals surface area contributed by atoms with E-state index in [1.54, 1.807) is 0 Å². The Kier molecular flexibility index (Phi) is 4.92. The quantitative estimate of drug-likeness (QED) is 0.516. The van der Waals surface area contributed by atoms with Gasteiger partial charge in [0.15, 0.2) is 5.54 Å². The van der Waals surface area contributed by atoms with E-state index in [4.69, 9.17) is 0 Å². The molecule has 1 aliphatic rings. The minimum absolute atomic E-state index is 0.255. The molecule has 1 saturated heterocycles. The van der Waals surface area contributed by atoms with Crippen LogP contribution in [0.15, 0.2) is 89.8 Å². The highest BCUT2D eigenvalue weighted by Gasteiger charge is 2.53. The molecule has 0 saturated carbocycles. The van der Waals surface area contributed by atoms with Gasteiger partial charge in [-0.3, -0.25) is 9.69 Å². The van der Waals surface area contributed by atoms with Crippen LogP contribution in [0.5, 0.6) is 0 Å². The zero-order valence-electron chi connectivity index (χ0n) is 15.5. The summed E-state index contributed by atoms with van der Waals surface area (Å²) in [6.45, 7) is 2.03. The van der Waals surface area contributed by atoms with Crippen LogP contribution in [0.3, 0.4) is 0 Å². The van der Waals surface area contributed by atoms with Crippen LogP contribution in [0.1, 0.15) is 16.7 Å². The number of imide groups is 1. The van der Waals surface area contributed by atoms with E-state index in [-0.39, 0.29) is 17.8 Å². The van der Waals surface area contributed by atoms with Gasteiger partial charge in [-0.05, 0) is 30.2 Å². The van der Waals surface area contributed by atoms with Crippen molar-refractivity contribution in [3.05, 3.63) is 102 Å². The molecule has 1 N–H and O–H groups in total. The summed E-state index contributed by atoms with van der Waals surface area (Å²) in [6, 6.07) is 26.5. The first kappa shape index (κ1) is 18.3. The van der Waals surface area contributed by atoms with Crippen LogP contribution in [-0.4, -0.2) is 22.7 Å². The molecular weight excluding hydrogens is 368 g/mol. The van der Waals surface area contributed by atoms with Crippen LogP contribution in [0.2, 0.25) is 0 Å². The fraction of sp³-hybridized carbons (Fsp3) is 0.130. The number of hydrogen-bond donors (Lipinski definition) is 1. The molecule has 0 spiro atoms. The molecule has 1 heterocycles. The van der Waals surface area contributed by atoms with E-state index in [2.05, 4.69) is 5.32 Å². The number of hydrogen-bond acceptors (Lipinski definition) is 3. The summed E-state index contributed by atoms with van der Waals surface area (Å²) in [5.74, 6) is 0.00399. The molecule has 0 aromatic heterocycles. The number of nitrogens with one attached hydrogen (secondary N) is 1. The van der Waals surface area contributed by atoms with Gasteiger partial charge in [0.25, 0.3) is 5.91 Å². The van der Waals surface area contributed by atoms with Crippen LogP contribution in [0, 0.1) is 6.92 Å². The first-order valence-corrected chi connectivity index (χ1v) is 10.0. The lowest BCUT2D eigenvalue weighted by molar-refractivity contribution is -0.129. The largest absolute Gasteiger partial charge is 0.326 e. The van der Waals surface area contributed by atoms with Gasteiger partial charge in [-0.15, -0.1) is 11.8 Å². The van der Waals surface area contributed by atoms with Crippen molar-refractivity contribution in [2.75, 3.05) is 5.88 Å². The summed E-state index contributed by atoms with van der Waals surface area (Å²) in [4.78, 5) is 28.7. The van der Waals surface area contributed by atoms with E-state index in [9.17, 15) is 9.59 Å². The molecule has 3 aromatic rings. The highest BCUT2D eigenvalue weighted by Crippen LogP contribution is 2.37. The van der Waals surface area contributed by atoms with Crippen LogP contribution >= 0.6 is 11.8 Å². The maximum atomic E-state index is 13.5. The number of urea groups is 1. The number of carbonyl (C=O) groups excluding carboxylic acids is 2. The van der Waals surface area contributed by atoms with Gasteiger partial charge in [0.1, 0.15) is 0 Å². The Balaban J connectivity index is 1.68. The van der Waals surface area contributed by atoms with Crippen LogP contribution < -0.4 is 5.32 Å². The number of thioether (sulfide) groups is 1. The average Bonchev–Trinajstić information content (AvgIpc) is 3.00. The number of benzene rings is 3. The molecule has 0 bridgehead atoms. The second-order valence-electron chi connectivity index (χ2n) is 6.73. The number of nitrogens with zero attached hydrogens (tertiary/aromatic N) is 1. The zero-order valence-corrected chi connectivity index (χ0v) is 16.3. The molecular formula is C23H20N2O2S. The Hall–Kier alpha value is -3.05. The maximum Gasteiger partial charge on any atom is 0.326 e. The fourth-order valence-corrected chi connectivity index (χ4v) is 4.24. The summed E-state index contributed by atoms with van der Waals surface area (Å²) >= 11 is 1.47. The van der Waals surface area contributed by atoms with Gasteiger partial charge in [-0.1, -0.05) is 78.4 Å². The van der Waals surface area contributed by atoms with Crippen molar-refractivity contribution in [2.24, 2.45) is 0 Å². The summed E-state index contributed by atoms with van der Waals surface area (Å²) < 4.78 is 0. The third-order valence-electron chi connectivity index (χ3n) is 4.90. The highest BCUT2D eigenvalue weighted by atomic mass is 32.2. The van der Waals surface area contributed by atoms with Gasteiger partial charge >= 0.3 is 6.03 Å². The number of amides is 3. The minimum atomic E-state index is -1.20. The van der Waals surface area contributed by atoms with E-state index in [0.717, 1.165) is 16.0 Å². The Bertz CT molecular complexity index is 949. The third kappa shape index (κ3) is 3.18. The minimum Gasteiger partial charge on any atom is -0.315 e. The van der Waals surface area contributed by atoms with Gasteiger partial charge in [0.2, 0.25) is 0 Å². The molecule has 4 rings (SSSR count). The molecule has 1 fully saturated rings. The second-order valence-corrected chi connectivity index (χ2v) is 7.75. The highest BCUT2D eigenvalue weighted by molar-refractivity contribution is 7.99. The number of carbonyl (C=O) groups is 2. The standard InChI is InChI=1S/C23H20N2O2S/c1-17-12-14-20(15-13-17)28-16-25-21(26)23(24-22(25)27,18-8-4-2-5-9-18)19-10-6-3-7-11-19/h2-15H,16H2,1H3,(H,24,27). The van der Waals surface area contributed by atoms with Gasteiger partial charge in [-0.25, -0.2) is 4.79 Å². The molecule has 0 aliphatic carbocycles. The third-order valence-corrected chi connectivity index (χ3v) is 5.89. The molecule has 0 atom stereocenters. The van der Waals surface area contributed by atoms with Gasteiger partial charge in [-0.2, -0.15) is 0 Å². The van der Waals surface area contributed by atoms with Crippen molar-refractivity contribution in [3.63, 3.8) is 0 Å². The van der Waals surface area contributed by atoms with E-state index in [1.807, 2.05) is 91.9 Å². The molecule has 28 heavy (non-hydrogen) atoms. The monoisotopic (exact) mass is 388 g/mol. The molecule has 3 amide bonds. The lowest BCUT2D eigenvalue weighted by Gasteiger charge is -2.28. The molecule has 140 valence electrons. The summed E-state index contributed by atoms with van der Waals surface area (Å²) in [7, 11) is 0. The van der Waals surface area contributed by atoms with Crippen LogP contribution in [0.25, 0.3) is 0 Å². The SMILES string of the molecule is Cc1ccc(SCN2C(=O)NC(c3ccccc3)(c3ccccc3)C2=O)cc1. The summed E-state index contributed by atoms with van der Waals surface area (Å²) in [5, 5.41) is 2.97. The Labute approximate surface area is 168 Å². The Morgan fingerprint density at radius 3 is 1.89 bits per heavy atom.